The van der Waals surface area contributed by atoms with E-state index in [0.717, 1.165) is 11.3 Å². The van der Waals surface area contributed by atoms with E-state index in [1.807, 2.05) is 30.2 Å². The van der Waals surface area contributed by atoms with Gasteiger partial charge in [-0.1, -0.05) is 17.7 Å². The van der Waals surface area contributed by atoms with Crippen molar-refractivity contribution < 1.29 is 4.39 Å². The molecular weight excluding hydrogens is 315 g/mol. The summed E-state index contributed by atoms with van der Waals surface area (Å²) in [5, 5.41) is 0.410. The van der Waals surface area contributed by atoms with E-state index in [2.05, 4.69) is 14.5 Å². The van der Waals surface area contributed by atoms with Crippen LogP contribution in [0.3, 0.4) is 0 Å². The fourth-order valence-corrected chi connectivity index (χ4v) is 3.07. The van der Waals surface area contributed by atoms with Gasteiger partial charge >= 0.3 is 0 Å². The first kappa shape index (κ1) is 14.5. The lowest BCUT2D eigenvalue weighted by Gasteiger charge is -2.12. The maximum absolute atomic E-state index is 14.3. The molecule has 2 aromatic heterocycles. The Kier molecular flexibility index (Phi) is 3.45. The second-order valence-electron chi connectivity index (χ2n) is 5.96. The largest absolute Gasteiger partial charge is 0.330 e. The lowest BCUT2D eigenvalue weighted by Crippen LogP contribution is -2.07. The molecule has 1 aliphatic carbocycles. The van der Waals surface area contributed by atoms with Crippen LogP contribution in [0.2, 0.25) is 5.02 Å². The molecule has 118 valence electrons. The Morgan fingerprint density at radius 1 is 1.35 bits per heavy atom. The zero-order valence-electron chi connectivity index (χ0n) is 12.7. The summed E-state index contributed by atoms with van der Waals surface area (Å²) >= 11 is 6.32. The summed E-state index contributed by atoms with van der Waals surface area (Å²) in [6.07, 6.45) is 9.63. The number of imidazole rings is 2. The van der Waals surface area contributed by atoms with Crippen LogP contribution in [0.15, 0.2) is 37.1 Å². The summed E-state index contributed by atoms with van der Waals surface area (Å²) in [6, 6.07) is 3.67. The maximum Gasteiger partial charge on any atom is 0.144 e. The van der Waals surface area contributed by atoms with E-state index < -0.39 is 0 Å². The van der Waals surface area contributed by atoms with Gasteiger partial charge in [0.05, 0.1) is 29.2 Å². The molecule has 0 spiro atoms. The predicted molar refractivity (Wildman–Crippen MR) is 87.0 cm³/mol. The third-order valence-electron chi connectivity index (χ3n) is 4.24. The average Bonchev–Trinajstić information content (AvgIpc) is 3.11. The van der Waals surface area contributed by atoms with Crippen molar-refractivity contribution in [3.63, 3.8) is 0 Å². The molecule has 6 heteroatoms. The highest BCUT2D eigenvalue weighted by Gasteiger charge is 2.25. The molecule has 1 saturated carbocycles. The number of aromatic nitrogens is 4. The second-order valence-corrected chi connectivity index (χ2v) is 6.33. The van der Waals surface area contributed by atoms with E-state index >= 15 is 0 Å². The van der Waals surface area contributed by atoms with Crippen LogP contribution in [0.4, 0.5) is 4.39 Å². The number of hydrogen-bond donors (Lipinski definition) is 0. The Bertz CT molecular complexity index is 863. The summed E-state index contributed by atoms with van der Waals surface area (Å²) < 4.78 is 18.4. The van der Waals surface area contributed by atoms with E-state index in [1.54, 1.807) is 12.3 Å². The molecule has 0 radical (unpaired) electrons. The van der Waals surface area contributed by atoms with Gasteiger partial charge in [-0.05, 0) is 31.4 Å². The minimum atomic E-state index is -0.358. The Labute approximate surface area is 138 Å². The highest BCUT2D eigenvalue weighted by Crippen LogP contribution is 2.36. The number of halogens is 2. The molecule has 0 unspecified atom stereocenters. The minimum absolute atomic E-state index is 0.356. The first-order chi connectivity index (χ1) is 11.1. The zero-order chi connectivity index (χ0) is 16.0. The van der Waals surface area contributed by atoms with E-state index in [4.69, 9.17) is 11.6 Å². The standard InChI is InChI=1S/C17H16ClFN4/c1-11-2-5-14(19)15(16(11)18)17-21-6-7-22(17)9-13-8-20-10-23(13)12-3-4-12/h2,5-8,10,12H,3-4,9H2,1H3. The number of aryl methyl sites for hydroxylation is 1. The molecule has 0 amide bonds. The number of nitrogens with zero attached hydrogens (tertiary/aromatic N) is 4. The molecule has 1 aliphatic rings. The van der Waals surface area contributed by atoms with Crippen molar-refractivity contribution in [3.8, 4) is 11.4 Å². The molecule has 23 heavy (non-hydrogen) atoms. The Morgan fingerprint density at radius 2 is 2.17 bits per heavy atom. The first-order valence-electron chi connectivity index (χ1n) is 7.62. The highest BCUT2D eigenvalue weighted by molar-refractivity contribution is 6.34. The van der Waals surface area contributed by atoms with Gasteiger partial charge in [0.2, 0.25) is 0 Å². The molecular formula is C17H16ClFN4. The molecule has 1 aromatic carbocycles. The van der Waals surface area contributed by atoms with Crippen LogP contribution in [-0.4, -0.2) is 19.1 Å². The van der Waals surface area contributed by atoms with Gasteiger partial charge < -0.3 is 9.13 Å². The smallest absolute Gasteiger partial charge is 0.144 e. The average molecular weight is 331 g/mol. The van der Waals surface area contributed by atoms with E-state index in [9.17, 15) is 4.39 Å². The van der Waals surface area contributed by atoms with Gasteiger partial charge in [0, 0.05) is 24.6 Å². The van der Waals surface area contributed by atoms with Crippen molar-refractivity contribution in [1.29, 1.82) is 0 Å². The molecule has 4 rings (SSSR count). The fraction of sp³-hybridized carbons (Fsp3) is 0.294. The van der Waals surface area contributed by atoms with Gasteiger partial charge in [0.25, 0.3) is 0 Å². The number of rotatable bonds is 4. The molecule has 3 aromatic rings. The van der Waals surface area contributed by atoms with Crippen LogP contribution in [0.5, 0.6) is 0 Å². The molecule has 0 bridgehead atoms. The molecule has 1 fully saturated rings. The first-order valence-corrected chi connectivity index (χ1v) is 7.99. The van der Waals surface area contributed by atoms with Crippen LogP contribution >= 0.6 is 11.6 Å². The van der Waals surface area contributed by atoms with Gasteiger partial charge in [-0.25, -0.2) is 14.4 Å². The Hall–Kier alpha value is -2.14. The van der Waals surface area contributed by atoms with E-state index in [-0.39, 0.29) is 5.82 Å². The summed E-state index contributed by atoms with van der Waals surface area (Å²) in [4.78, 5) is 8.57. The van der Waals surface area contributed by atoms with Crippen LogP contribution in [0.1, 0.15) is 30.1 Å². The van der Waals surface area contributed by atoms with E-state index in [0.29, 0.717) is 29.0 Å². The topological polar surface area (TPSA) is 35.6 Å². The van der Waals surface area contributed by atoms with Crippen molar-refractivity contribution in [1.82, 2.24) is 19.1 Å². The molecule has 2 heterocycles. The summed E-state index contributed by atoms with van der Waals surface area (Å²) in [7, 11) is 0. The van der Waals surface area contributed by atoms with Gasteiger partial charge in [0.1, 0.15) is 11.6 Å². The summed E-state index contributed by atoms with van der Waals surface area (Å²) in [5.41, 5.74) is 2.28. The number of benzene rings is 1. The van der Waals surface area contributed by atoms with Crippen LogP contribution < -0.4 is 0 Å². The van der Waals surface area contributed by atoms with Crippen LogP contribution in [-0.2, 0) is 6.54 Å². The predicted octanol–water partition coefficient (Wildman–Crippen LogP) is 4.23. The molecule has 4 nitrogen and oxygen atoms in total. The lowest BCUT2D eigenvalue weighted by molar-refractivity contribution is 0.624. The number of hydrogen-bond acceptors (Lipinski definition) is 2. The SMILES string of the molecule is Cc1ccc(F)c(-c2nccn2Cc2cncn2C2CC2)c1Cl. The molecule has 0 N–H and O–H groups in total. The van der Waals surface area contributed by atoms with Gasteiger partial charge in [0.15, 0.2) is 0 Å². The third-order valence-corrected chi connectivity index (χ3v) is 4.73. The zero-order valence-corrected chi connectivity index (χ0v) is 13.5. The molecule has 0 atom stereocenters. The fourth-order valence-electron chi connectivity index (χ4n) is 2.84. The van der Waals surface area contributed by atoms with Gasteiger partial charge in [-0.15, -0.1) is 0 Å². The Morgan fingerprint density at radius 3 is 2.96 bits per heavy atom. The van der Waals surface area contributed by atoms with Gasteiger partial charge in [-0.2, -0.15) is 0 Å². The monoisotopic (exact) mass is 330 g/mol. The van der Waals surface area contributed by atoms with E-state index in [1.165, 1.54) is 18.9 Å². The summed E-state index contributed by atoms with van der Waals surface area (Å²) in [6.45, 7) is 2.45. The maximum atomic E-state index is 14.3. The Balaban J connectivity index is 1.75. The van der Waals surface area contributed by atoms with Crippen molar-refractivity contribution in [2.45, 2.75) is 32.4 Å². The second kappa shape index (κ2) is 5.49. The van der Waals surface area contributed by atoms with Crippen molar-refractivity contribution >= 4 is 11.6 Å². The highest BCUT2D eigenvalue weighted by atomic mass is 35.5. The van der Waals surface area contributed by atoms with Crippen molar-refractivity contribution in [2.24, 2.45) is 0 Å². The quantitative estimate of drug-likeness (QED) is 0.717. The summed E-state index contributed by atoms with van der Waals surface area (Å²) in [5.74, 6) is 0.184. The van der Waals surface area contributed by atoms with Crippen LogP contribution in [0, 0.1) is 12.7 Å². The normalized spacial score (nSPS) is 14.4. The molecule has 0 saturated heterocycles. The minimum Gasteiger partial charge on any atom is -0.330 e. The van der Waals surface area contributed by atoms with Crippen LogP contribution in [0.25, 0.3) is 11.4 Å². The molecule has 0 aliphatic heterocycles. The van der Waals surface area contributed by atoms with Crippen molar-refractivity contribution in [3.05, 3.63) is 59.1 Å². The lowest BCUT2D eigenvalue weighted by atomic mass is 10.1. The van der Waals surface area contributed by atoms with Gasteiger partial charge in [-0.3, -0.25) is 0 Å². The van der Waals surface area contributed by atoms with Crippen molar-refractivity contribution in [2.75, 3.05) is 0 Å². The third kappa shape index (κ3) is 2.55.